The van der Waals surface area contributed by atoms with Crippen LogP contribution >= 0.6 is 11.6 Å². The zero-order valence-electron chi connectivity index (χ0n) is 17.3. The third-order valence-corrected chi connectivity index (χ3v) is 5.43. The Kier molecular flexibility index (Phi) is 7.63. The van der Waals surface area contributed by atoms with Crippen molar-refractivity contribution in [3.8, 4) is 0 Å². The monoisotopic (exact) mass is 469 g/mol. The van der Waals surface area contributed by atoms with Crippen LogP contribution in [0.4, 0.5) is 23.7 Å². The number of anilines is 1. The van der Waals surface area contributed by atoms with E-state index in [1.807, 2.05) is 30.3 Å². The zero-order valence-corrected chi connectivity index (χ0v) is 18.1. The average Bonchev–Trinajstić information content (AvgIpc) is 2.74. The van der Waals surface area contributed by atoms with Crippen molar-refractivity contribution in [2.45, 2.75) is 25.2 Å². The minimum atomic E-state index is -4.75. The molecular formula is C22H23ClF3N3O3. The molecule has 3 rings (SSSR count). The third-order valence-electron chi connectivity index (χ3n) is 5.18. The van der Waals surface area contributed by atoms with Crippen LogP contribution in [0.3, 0.4) is 0 Å². The summed E-state index contributed by atoms with van der Waals surface area (Å²) in [5, 5.41) is 2.70. The molecule has 2 aromatic rings. The molecule has 2 atom stereocenters. The summed E-state index contributed by atoms with van der Waals surface area (Å²) < 4.78 is 45.7. The van der Waals surface area contributed by atoms with Gasteiger partial charge >= 0.3 is 12.3 Å². The molecule has 1 saturated heterocycles. The molecule has 1 aliphatic heterocycles. The summed E-state index contributed by atoms with van der Waals surface area (Å²) in [5.74, 6) is -0.149. The van der Waals surface area contributed by atoms with Gasteiger partial charge < -0.3 is 9.64 Å². The number of ether oxygens (including phenoxy) is 1. The van der Waals surface area contributed by atoms with Crippen molar-refractivity contribution in [1.82, 2.24) is 9.80 Å². The molecule has 1 heterocycles. The maximum Gasteiger partial charge on any atom is 0.426 e. The molecule has 2 amide bonds. The van der Waals surface area contributed by atoms with Crippen LogP contribution in [0.1, 0.15) is 18.5 Å². The van der Waals surface area contributed by atoms with Gasteiger partial charge in [-0.15, -0.1) is 0 Å². The molecule has 172 valence electrons. The largest absolute Gasteiger partial charge is 0.435 e. The highest BCUT2D eigenvalue weighted by Gasteiger charge is 2.45. The number of alkyl halides is 3. The zero-order chi connectivity index (χ0) is 23.3. The first-order valence-electron chi connectivity index (χ1n) is 9.98. The van der Waals surface area contributed by atoms with Crippen LogP contribution < -0.4 is 5.32 Å². The predicted molar refractivity (Wildman–Crippen MR) is 114 cm³/mol. The molecule has 2 unspecified atom stereocenters. The summed E-state index contributed by atoms with van der Waals surface area (Å²) in [6.07, 6.45) is -8.29. The van der Waals surface area contributed by atoms with Crippen molar-refractivity contribution in [1.29, 1.82) is 0 Å². The Morgan fingerprint density at radius 1 is 1.12 bits per heavy atom. The van der Waals surface area contributed by atoms with Gasteiger partial charge in [-0.2, -0.15) is 13.2 Å². The minimum Gasteiger partial charge on any atom is -0.435 e. The lowest BCUT2D eigenvalue weighted by Crippen LogP contribution is -2.54. The molecular weight excluding hydrogens is 447 g/mol. The van der Waals surface area contributed by atoms with Gasteiger partial charge in [-0.1, -0.05) is 41.9 Å². The molecule has 0 aromatic heterocycles. The molecule has 1 fully saturated rings. The molecule has 1 N–H and O–H groups in total. The van der Waals surface area contributed by atoms with Crippen LogP contribution in [0.2, 0.25) is 5.02 Å². The first-order chi connectivity index (χ1) is 15.1. The lowest BCUT2D eigenvalue weighted by atomic mass is 10.0. The fraction of sp³-hybridized carbons (Fsp3) is 0.364. The van der Waals surface area contributed by atoms with E-state index in [1.54, 1.807) is 9.80 Å². The fourth-order valence-corrected chi connectivity index (χ4v) is 3.72. The molecule has 0 saturated carbocycles. The van der Waals surface area contributed by atoms with Crippen molar-refractivity contribution in [3.63, 3.8) is 0 Å². The maximum absolute atomic E-state index is 13.6. The Hall–Kier alpha value is -2.78. The van der Waals surface area contributed by atoms with Crippen LogP contribution in [-0.4, -0.2) is 60.3 Å². The smallest absolute Gasteiger partial charge is 0.426 e. The molecule has 32 heavy (non-hydrogen) atoms. The molecule has 10 heteroatoms. The van der Waals surface area contributed by atoms with Crippen molar-refractivity contribution in [3.05, 3.63) is 65.2 Å². The summed E-state index contributed by atoms with van der Waals surface area (Å²) in [6.45, 7) is 1.60. The normalized spacial score (nSPS) is 18.2. The van der Waals surface area contributed by atoms with Gasteiger partial charge in [-0.3, -0.25) is 15.0 Å². The Morgan fingerprint density at radius 3 is 2.38 bits per heavy atom. The molecule has 0 bridgehead atoms. The number of carbonyl (C=O) groups is 2. The maximum atomic E-state index is 13.6. The van der Waals surface area contributed by atoms with Gasteiger partial charge in [0.15, 0.2) is 0 Å². The van der Waals surface area contributed by atoms with E-state index in [9.17, 15) is 22.8 Å². The van der Waals surface area contributed by atoms with Gasteiger partial charge in [0.25, 0.3) is 0 Å². The third kappa shape index (κ3) is 6.37. The van der Waals surface area contributed by atoms with Crippen LogP contribution in [-0.2, 0) is 9.53 Å². The number of amides is 2. The number of hydrogen-bond donors (Lipinski definition) is 1. The molecule has 0 radical (unpaired) electrons. The topological polar surface area (TPSA) is 61.9 Å². The number of hydrogen-bond acceptors (Lipinski definition) is 4. The number of nitrogens with zero attached hydrogens (tertiary/aromatic N) is 2. The number of rotatable bonds is 5. The molecule has 0 spiro atoms. The van der Waals surface area contributed by atoms with Gasteiger partial charge in [0.1, 0.15) is 0 Å². The van der Waals surface area contributed by atoms with E-state index in [-0.39, 0.29) is 37.3 Å². The summed E-state index contributed by atoms with van der Waals surface area (Å²) in [7, 11) is 0. The van der Waals surface area contributed by atoms with Crippen LogP contribution in [0.15, 0.2) is 54.6 Å². The van der Waals surface area contributed by atoms with Crippen LogP contribution in [0, 0.1) is 0 Å². The second-order valence-electron chi connectivity index (χ2n) is 7.47. The summed E-state index contributed by atoms with van der Waals surface area (Å²) in [4.78, 5) is 27.3. The quantitative estimate of drug-likeness (QED) is 0.688. The number of nitrogens with one attached hydrogen (secondary N) is 1. The SMILES string of the molecule is CC(=O)N1CCN(CC(OC(=O)Nc2ccc(Cl)cc2)C(F)(F)F)CC1c1ccccc1. The highest BCUT2D eigenvalue weighted by molar-refractivity contribution is 6.30. The summed E-state index contributed by atoms with van der Waals surface area (Å²) in [5.41, 5.74) is 1.09. The Labute approximate surface area is 188 Å². The fourth-order valence-electron chi connectivity index (χ4n) is 3.59. The molecule has 1 aliphatic rings. The highest BCUT2D eigenvalue weighted by atomic mass is 35.5. The summed E-state index contributed by atoms with van der Waals surface area (Å²) in [6, 6.07) is 14.6. The first-order valence-corrected chi connectivity index (χ1v) is 10.4. The minimum absolute atomic E-state index is 0.149. The molecule has 2 aromatic carbocycles. The van der Waals surface area contributed by atoms with Gasteiger partial charge in [0.2, 0.25) is 12.0 Å². The van der Waals surface area contributed by atoms with Gasteiger partial charge in [-0.05, 0) is 29.8 Å². The Bertz CT molecular complexity index is 926. The lowest BCUT2D eigenvalue weighted by molar-refractivity contribution is -0.208. The first kappa shape index (κ1) is 23.9. The van der Waals surface area contributed by atoms with E-state index in [0.29, 0.717) is 5.02 Å². The molecule has 0 aliphatic carbocycles. The second-order valence-corrected chi connectivity index (χ2v) is 7.90. The van der Waals surface area contributed by atoms with Crippen LogP contribution in [0.25, 0.3) is 0 Å². The van der Waals surface area contributed by atoms with E-state index in [4.69, 9.17) is 16.3 Å². The van der Waals surface area contributed by atoms with Gasteiger partial charge in [0, 0.05) is 43.8 Å². The predicted octanol–water partition coefficient (Wildman–Crippen LogP) is 4.72. The molecule has 6 nitrogen and oxygen atoms in total. The van der Waals surface area contributed by atoms with Crippen molar-refractivity contribution >= 4 is 29.3 Å². The standard InChI is InChI=1S/C22H23ClF3N3O3/c1-15(30)29-12-11-28(13-19(29)16-5-3-2-4-6-16)14-20(22(24,25)26)32-21(31)27-18-9-7-17(23)8-10-18/h2-10,19-20H,11-14H2,1H3,(H,27,31). The highest BCUT2D eigenvalue weighted by Crippen LogP contribution is 2.29. The van der Waals surface area contributed by atoms with Crippen molar-refractivity contribution in [2.24, 2.45) is 0 Å². The van der Waals surface area contributed by atoms with Gasteiger partial charge in [0.05, 0.1) is 6.04 Å². The average molecular weight is 470 g/mol. The number of carbonyl (C=O) groups excluding carboxylic acids is 2. The van der Waals surface area contributed by atoms with Gasteiger partial charge in [-0.25, -0.2) is 4.79 Å². The Balaban J connectivity index is 1.69. The second kappa shape index (κ2) is 10.2. The van der Waals surface area contributed by atoms with E-state index in [0.717, 1.165) is 5.56 Å². The van der Waals surface area contributed by atoms with Crippen LogP contribution in [0.5, 0.6) is 0 Å². The summed E-state index contributed by atoms with van der Waals surface area (Å²) >= 11 is 5.76. The Morgan fingerprint density at radius 2 is 1.78 bits per heavy atom. The van der Waals surface area contributed by atoms with E-state index < -0.39 is 24.9 Å². The van der Waals surface area contributed by atoms with Crippen molar-refractivity contribution < 1.29 is 27.5 Å². The van der Waals surface area contributed by atoms with E-state index in [1.165, 1.54) is 31.2 Å². The lowest BCUT2D eigenvalue weighted by Gasteiger charge is -2.42. The number of benzene rings is 2. The number of halogens is 4. The van der Waals surface area contributed by atoms with E-state index >= 15 is 0 Å². The number of piperazine rings is 1. The van der Waals surface area contributed by atoms with E-state index in [2.05, 4.69) is 5.32 Å². The van der Waals surface area contributed by atoms with Crippen molar-refractivity contribution in [2.75, 3.05) is 31.5 Å².